The van der Waals surface area contributed by atoms with Gasteiger partial charge in [0, 0.05) is 12.4 Å². The van der Waals surface area contributed by atoms with Crippen LogP contribution in [-0.4, -0.2) is 37.3 Å². The molecule has 0 radical (unpaired) electrons. The molecule has 80 valence electrons. The van der Waals surface area contributed by atoms with Crippen LogP contribution in [0.3, 0.4) is 0 Å². The summed E-state index contributed by atoms with van der Waals surface area (Å²) in [4.78, 5) is 6.57. The number of imidazole rings is 1. The SMILES string of the molecule is CC(COc1ncc[nH]1)NS(C)(=O)=O. The summed E-state index contributed by atoms with van der Waals surface area (Å²) >= 11 is 0. The second kappa shape index (κ2) is 4.43. The number of sulfonamides is 1. The molecule has 6 nitrogen and oxygen atoms in total. The molecule has 2 N–H and O–H groups in total. The Morgan fingerprint density at radius 1 is 1.71 bits per heavy atom. The molecule has 0 aliphatic rings. The number of aromatic amines is 1. The van der Waals surface area contributed by atoms with Crippen molar-refractivity contribution in [1.82, 2.24) is 14.7 Å². The zero-order valence-electron chi connectivity index (χ0n) is 8.02. The van der Waals surface area contributed by atoms with E-state index >= 15 is 0 Å². The van der Waals surface area contributed by atoms with Crippen molar-refractivity contribution in [3.63, 3.8) is 0 Å². The Bertz CT molecular complexity index is 360. The molecular weight excluding hydrogens is 206 g/mol. The summed E-state index contributed by atoms with van der Waals surface area (Å²) < 4.78 is 29.2. The van der Waals surface area contributed by atoms with E-state index in [9.17, 15) is 8.42 Å². The molecule has 1 rings (SSSR count). The quantitative estimate of drug-likeness (QED) is 0.713. The highest BCUT2D eigenvalue weighted by molar-refractivity contribution is 7.88. The number of nitrogens with one attached hydrogen (secondary N) is 2. The molecule has 1 heterocycles. The Morgan fingerprint density at radius 2 is 2.43 bits per heavy atom. The van der Waals surface area contributed by atoms with Gasteiger partial charge in [-0.2, -0.15) is 0 Å². The van der Waals surface area contributed by atoms with Gasteiger partial charge in [-0.1, -0.05) is 0 Å². The minimum absolute atomic E-state index is 0.237. The molecule has 0 aliphatic carbocycles. The monoisotopic (exact) mass is 219 g/mol. The third-order valence-electron chi connectivity index (χ3n) is 1.36. The van der Waals surface area contributed by atoms with Crippen molar-refractivity contribution in [2.24, 2.45) is 0 Å². The number of hydrogen-bond acceptors (Lipinski definition) is 4. The van der Waals surface area contributed by atoms with Crippen LogP contribution < -0.4 is 9.46 Å². The minimum atomic E-state index is -3.17. The molecule has 0 spiro atoms. The number of rotatable bonds is 5. The van der Waals surface area contributed by atoms with E-state index < -0.39 is 10.0 Å². The number of hydrogen-bond donors (Lipinski definition) is 2. The van der Waals surface area contributed by atoms with E-state index in [-0.39, 0.29) is 12.6 Å². The predicted octanol–water partition coefficient (Wildman–Crippen LogP) is -0.274. The second-order valence-corrected chi connectivity index (χ2v) is 4.78. The first kappa shape index (κ1) is 11.0. The number of H-pyrrole nitrogens is 1. The molecule has 7 heteroatoms. The lowest BCUT2D eigenvalue weighted by Gasteiger charge is -2.11. The normalized spacial score (nSPS) is 13.9. The fraction of sp³-hybridized carbons (Fsp3) is 0.571. The van der Waals surface area contributed by atoms with Crippen molar-refractivity contribution in [2.75, 3.05) is 12.9 Å². The Labute approximate surface area is 82.7 Å². The minimum Gasteiger partial charge on any atom is -0.463 e. The van der Waals surface area contributed by atoms with E-state index in [0.29, 0.717) is 6.01 Å². The van der Waals surface area contributed by atoms with Crippen molar-refractivity contribution in [3.05, 3.63) is 12.4 Å². The molecule has 0 saturated carbocycles. The Morgan fingerprint density at radius 3 is 2.93 bits per heavy atom. The summed E-state index contributed by atoms with van der Waals surface area (Å²) in [5.74, 6) is 0. The van der Waals surface area contributed by atoms with E-state index in [1.165, 1.54) is 0 Å². The van der Waals surface area contributed by atoms with Gasteiger partial charge in [-0.05, 0) is 6.92 Å². The standard InChI is InChI=1S/C7H13N3O3S/c1-6(10-14(2,11)12)5-13-7-8-3-4-9-7/h3-4,6,10H,5H2,1-2H3,(H,8,9). The summed E-state index contributed by atoms with van der Waals surface area (Å²) in [7, 11) is -3.17. The van der Waals surface area contributed by atoms with Crippen LogP contribution in [-0.2, 0) is 10.0 Å². The Kier molecular flexibility index (Phi) is 3.48. The topological polar surface area (TPSA) is 84.1 Å². The maximum atomic E-state index is 10.8. The average Bonchev–Trinajstić information content (AvgIpc) is 2.49. The van der Waals surface area contributed by atoms with Gasteiger partial charge in [-0.25, -0.2) is 18.1 Å². The van der Waals surface area contributed by atoms with Crippen molar-refractivity contribution >= 4 is 10.0 Å². The molecular formula is C7H13N3O3S. The van der Waals surface area contributed by atoms with Crippen LogP contribution in [0.5, 0.6) is 6.01 Å². The Balaban J connectivity index is 2.32. The van der Waals surface area contributed by atoms with E-state index in [1.54, 1.807) is 19.3 Å². The van der Waals surface area contributed by atoms with Crippen LogP contribution in [0.15, 0.2) is 12.4 Å². The van der Waals surface area contributed by atoms with Gasteiger partial charge in [-0.15, -0.1) is 0 Å². The highest BCUT2D eigenvalue weighted by Crippen LogP contribution is 1.99. The molecule has 1 unspecified atom stereocenters. The lowest BCUT2D eigenvalue weighted by Crippen LogP contribution is -2.36. The lowest BCUT2D eigenvalue weighted by molar-refractivity contribution is 0.269. The summed E-state index contributed by atoms with van der Waals surface area (Å²) in [5, 5.41) is 0. The summed E-state index contributed by atoms with van der Waals surface area (Å²) in [6.07, 6.45) is 4.30. The number of ether oxygens (including phenoxy) is 1. The van der Waals surface area contributed by atoms with Crippen LogP contribution in [0.25, 0.3) is 0 Å². The van der Waals surface area contributed by atoms with Gasteiger partial charge in [0.2, 0.25) is 10.0 Å². The first-order valence-electron chi connectivity index (χ1n) is 4.07. The van der Waals surface area contributed by atoms with Gasteiger partial charge in [-0.3, -0.25) is 0 Å². The van der Waals surface area contributed by atoms with Gasteiger partial charge >= 0.3 is 0 Å². The fourth-order valence-electron chi connectivity index (χ4n) is 0.933. The van der Waals surface area contributed by atoms with Crippen LogP contribution >= 0.6 is 0 Å². The third-order valence-corrected chi connectivity index (χ3v) is 2.19. The van der Waals surface area contributed by atoms with E-state index in [0.717, 1.165) is 6.26 Å². The number of aromatic nitrogens is 2. The van der Waals surface area contributed by atoms with Gasteiger partial charge in [0.1, 0.15) is 6.61 Å². The maximum Gasteiger partial charge on any atom is 0.293 e. The largest absolute Gasteiger partial charge is 0.463 e. The summed E-state index contributed by atoms with van der Waals surface area (Å²) in [5.41, 5.74) is 0. The molecule has 0 aliphatic heterocycles. The van der Waals surface area contributed by atoms with Crippen LogP contribution in [0.2, 0.25) is 0 Å². The molecule has 0 fully saturated rings. The van der Waals surface area contributed by atoms with Gasteiger partial charge < -0.3 is 9.72 Å². The molecule has 1 aromatic rings. The number of nitrogens with zero attached hydrogens (tertiary/aromatic N) is 1. The van der Waals surface area contributed by atoms with E-state index in [4.69, 9.17) is 4.74 Å². The Hall–Kier alpha value is -1.08. The highest BCUT2D eigenvalue weighted by Gasteiger charge is 2.09. The molecule has 0 saturated heterocycles. The summed E-state index contributed by atoms with van der Waals surface area (Å²) in [6.45, 7) is 1.95. The second-order valence-electron chi connectivity index (χ2n) is 3.00. The molecule has 1 atom stereocenters. The van der Waals surface area contributed by atoms with Crippen molar-refractivity contribution < 1.29 is 13.2 Å². The van der Waals surface area contributed by atoms with Crippen molar-refractivity contribution in [2.45, 2.75) is 13.0 Å². The van der Waals surface area contributed by atoms with Gasteiger partial charge in [0.25, 0.3) is 6.01 Å². The van der Waals surface area contributed by atoms with Crippen LogP contribution in [0.1, 0.15) is 6.92 Å². The van der Waals surface area contributed by atoms with E-state index in [1.807, 2.05) is 0 Å². The average molecular weight is 219 g/mol. The zero-order chi connectivity index (χ0) is 10.6. The predicted molar refractivity (Wildman–Crippen MR) is 51.5 cm³/mol. The molecule has 0 amide bonds. The maximum absolute atomic E-state index is 10.8. The molecule has 1 aromatic heterocycles. The third kappa shape index (κ3) is 4.24. The first-order chi connectivity index (χ1) is 6.47. The zero-order valence-corrected chi connectivity index (χ0v) is 8.84. The molecule has 14 heavy (non-hydrogen) atoms. The van der Waals surface area contributed by atoms with E-state index in [2.05, 4.69) is 14.7 Å². The van der Waals surface area contributed by atoms with Crippen molar-refractivity contribution in [3.8, 4) is 6.01 Å². The van der Waals surface area contributed by atoms with Crippen molar-refractivity contribution in [1.29, 1.82) is 0 Å². The van der Waals surface area contributed by atoms with Gasteiger partial charge in [0.05, 0.1) is 12.3 Å². The summed E-state index contributed by atoms with van der Waals surface area (Å²) in [6, 6.07) is 0.0993. The lowest BCUT2D eigenvalue weighted by atomic mass is 10.4. The smallest absolute Gasteiger partial charge is 0.293 e. The van der Waals surface area contributed by atoms with Crippen LogP contribution in [0, 0.1) is 0 Å². The molecule has 0 aromatic carbocycles. The first-order valence-corrected chi connectivity index (χ1v) is 5.96. The van der Waals surface area contributed by atoms with Crippen LogP contribution in [0.4, 0.5) is 0 Å². The highest BCUT2D eigenvalue weighted by atomic mass is 32.2. The molecule has 0 bridgehead atoms. The fourth-order valence-corrected chi connectivity index (χ4v) is 1.73. The van der Waals surface area contributed by atoms with Gasteiger partial charge in [0.15, 0.2) is 0 Å².